The van der Waals surface area contributed by atoms with E-state index in [1.165, 1.54) is 4.31 Å². The number of sulfonamides is 1. The Labute approximate surface area is 159 Å². The minimum Gasteiger partial charge on any atom is -0.496 e. The lowest BCUT2D eigenvalue weighted by molar-refractivity contribution is 0.264. The molecule has 1 fully saturated rings. The molecule has 2 heterocycles. The van der Waals surface area contributed by atoms with Gasteiger partial charge in [-0.25, -0.2) is 8.42 Å². The highest BCUT2D eigenvalue weighted by molar-refractivity contribution is 7.89. The summed E-state index contributed by atoms with van der Waals surface area (Å²) in [5.74, 6) is 0.861. The van der Waals surface area contributed by atoms with Crippen molar-refractivity contribution in [2.45, 2.75) is 10.8 Å². The highest BCUT2D eigenvalue weighted by atomic mass is 32.2. The number of rotatable bonds is 5. The SMILES string of the molecule is COc1ccccc1-c1ccccc1S(=O)(=O)N1CC(c2ccncc2)C1. The fourth-order valence-electron chi connectivity index (χ4n) is 3.40. The van der Waals surface area contributed by atoms with Crippen LogP contribution in [0.1, 0.15) is 11.5 Å². The molecule has 6 heteroatoms. The number of nitrogens with zero attached hydrogens (tertiary/aromatic N) is 2. The van der Waals surface area contributed by atoms with Crippen molar-refractivity contribution < 1.29 is 13.2 Å². The van der Waals surface area contributed by atoms with E-state index in [-0.39, 0.29) is 5.92 Å². The number of para-hydroxylation sites is 1. The zero-order chi connectivity index (χ0) is 18.9. The summed E-state index contributed by atoms with van der Waals surface area (Å²) < 4.78 is 33.5. The number of aromatic nitrogens is 1. The van der Waals surface area contributed by atoms with Gasteiger partial charge in [0.2, 0.25) is 10.0 Å². The molecule has 0 N–H and O–H groups in total. The van der Waals surface area contributed by atoms with Crippen molar-refractivity contribution in [2.75, 3.05) is 20.2 Å². The second kappa shape index (κ2) is 7.13. The lowest BCUT2D eigenvalue weighted by atomic mass is 9.95. The topological polar surface area (TPSA) is 59.5 Å². The summed E-state index contributed by atoms with van der Waals surface area (Å²) in [4.78, 5) is 4.33. The standard InChI is InChI=1S/C21H20N2O3S/c1-26-20-8-4-2-6-18(20)19-7-3-5-9-21(19)27(24,25)23-14-17(15-23)16-10-12-22-13-11-16/h2-13,17H,14-15H2,1H3. The quantitative estimate of drug-likeness (QED) is 0.679. The van der Waals surface area contributed by atoms with Gasteiger partial charge >= 0.3 is 0 Å². The van der Waals surface area contributed by atoms with Crippen LogP contribution in [-0.4, -0.2) is 37.9 Å². The third kappa shape index (κ3) is 3.22. The maximum Gasteiger partial charge on any atom is 0.243 e. The lowest BCUT2D eigenvalue weighted by Gasteiger charge is -2.38. The van der Waals surface area contributed by atoms with Crippen LogP contribution in [0.3, 0.4) is 0 Å². The van der Waals surface area contributed by atoms with Crippen molar-refractivity contribution in [3.05, 3.63) is 78.6 Å². The van der Waals surface area contributed by atoms with E-state index in [1.807, 2.05) is 48.5 Å². The highest BCUT2D eigenvalue weighted by Gasteiger charge is 2.38. The molecule has 0 spiro atoms. The van der Waals surface area contributed by atoms with Crippen molar-refractivity contribution in [3.8, 4) is 16.9 Å². The predicted molar refractivity (Wildman–Crippen MR) is 104 cm³/mol. The number of methoxy groups -OCH3 is 1. The molecule has 138 valence electrons. The monoisotopic (exact) mass is 380 g/mol. The van der Waals surface area contributed by atoms with Gasteiger partial charge in [0.25, 0.3) is 0 Å². The zero-order valence-electron chi connectivity index (χ0n) is 14.9. The molecular weight excluding hydrogens is 360 g/mol. The van der Waals surface area contributed by atoms with Crippen molar-refractivity contribution in [2.24, 2.45) is 0 Å². The Balaban J connectivity index is 1.66. The normalized spacial score (nSPS) is 15.3. The smallest absolute Gasteiger partial charge is 0.243 e. The molecule has 0 unspecified atom stereocenters. The molecule has 1 aromatic heterocycles. The molecule has 1 aliphatic rings. The third-order valence-corrected chi connectivity index (χ3v) is 6.82. The summed E-state index contributed by atoms with van der Waals surface area (Å²) in [5, 5.41) is 0. The second-order valence-electron chi connectivity index (χ2n) is 6.50. The maximum absolute atomic E-state index is 13.3. The van der Waals surface area contributed by atoms with Crippen LogP contribution in [0.25, 0.3) is 11.1 Å². The summed E-state index contributed by atoms with van der Waals surface area (Å²) in [6.07, 6.45) is 3.48. The van der Waals surface area contributed by atoms with E-state index in [0.29, 0.717) is 29.3 Å². The van der Waals surface area contributed by atoms with Crippen molar-refractivity contribution in [1.82, 2.24) is 9.29 Å². The van der Waals surface area contributed by atoms with E-state index >= 15 is 0 Å². The molecule has 27 heavy (non-hydrogen) atoms. The fourth-order valence-corrected chi connectivity index (χ4v) is 5.14. The van der Waals surface area contributed by atoms with E-state index in [1.54, 1.807) is 31.6 Å². The second-order valence-corrected chi connectivity index (χ2v) is 8.40. The molecule has 0 amide bonds. The van der Waals surface area contributed by atoms with Gasteiger partial charge in [-0.15, -0.1) is 0 Å². The first-order chi connectivity index (χ1) is 13.1. The molecule has 2 aromatic carbocycles. The first kappa shape index (κ1) is 17.7. The summed E-state index contributed by atoms with van der Waals surface area (Å²) in [5.41, 5.74) is 2.54. The Morgan fingerprint density at radius 1 is 0.926 bits per heavy atom. The van der Waals surface area contributed by atoms with Gasteiger partial charge in [0.05, 0.1) is 12.0 Å². The number of ether oxygens (including phenoxy) is 1. The van der Waals surface area contributed by atoms with E-state index in [0.717, 1.165) is 11.1 Å². The van der Waals surface area contributed by atoms with E-state index in [4.69, 9.17) is 4.74 Å². The van der Waals surface area contributed by atoms with E-state index in [2.05, 4.69) is 4.98 Å². The Kier molecular flexibility index (Phi) is 4.68. The van der Waals surface area contributed by atoms with Crippen LogP contribution in [0.4, 0.5) is 0 Å². The molecule has 5 nitrogen and oxygen atoms in total. The summed E-state index contributed by atoms with van der Waals surface area (Å²) >= 11 is 0. The molecule has 0 saturated carbocycles. The van der Waals surface area contributed by atoms with Gasteiger partial charge < -0.3 is 4.74 Å². The molecule has 3 aromatic rings. The van der Waals surface area contributed by atoms with Crippen LogP contribution < -0.4 is 4.74 Å². The van der Waals surface area contributed by atoms with Gasteiger partial charge in [-0.1, -0.05) is 36.4 Å². The molecular formula is C21H20N2O3S. The third-order valence-electron chi connectivity index (χ3n) is 4.93. The van der Waals surface area contributed by atoms with Crippen molar-refractivity contribution in [1.29, 1.82) is 0 Å². The minimum absolute atomic E-state index is 0.209. The first-order valence-corrected chi connectivity index (χ1v) is 10.2. The highest BCUT2D eigenvalue weighted by Crippen LogP contribution is 2.38. The Morgan fingerprint density at radius 3 is 2.26 bits per heavy atom. The molecule has 0 radical (unpaired) electrons. The number of hydrogen-bond donors (Lipinski definition) is 0. The van der Waals surface area contributed by atoms with Gasteiger partial charge in [0, 0.05) is 42.5 Å². The van der Waals surface area contributed by atoms with Gasteiger partial charge in [-0.05, 0) is 29.8 Å². The Bertz CT molecular complexity index is 1050. The van der Waals surface area contributed by atoms with Gasteiger partial charge in [-0.3, -0.25) is 4.98 Å². The minimum atomic E-state index is -3.58. The first-order valence-electron chi connectivity index (χ1n) is 8.74. The Hall–Kier alpha value is -2.70. The number of hydrogen-bond acceptors (Lipinski definition) is 4. The molecule has 0 bridgehead atoms. The van der Waals surface area contributed by atoms with Crippen LogP contribution >= 0.6 is 0 Å². The van der Waals surface area contributed by atoms with Crippen molar-refractivity contribution in [3.63, 3.8) is 0 Å². The van der Waals surface area contributed by atoms with Gasteiger partial charge in [-0.2, -0.15) is 4.31 Å². The average molecular weight is 380 g/mol. The summed E-state index contributed by atoms with van der Waals surface area (Å²) in [6.45, 7) is 0.958. The van der Waals surface area contributed by atoms with E-state index in [9.17, 15) is 8.42 Å². The van der Waals surface area contributed by atoms with Crippen LogP contribution in [0, 0.1) is 0 Å². The maximum atomic E-state index is 13.3. The zero-order valence-corrected chi connectivity index (χ0v) is 15.8. The summed E-state index contributed by atoms with van der Waals surface area (Å²) in [7, 11) is -2.00. The number of benzene rings is 2. The molecule has 1 saturated heterocycles. The van der Waals surface area contributed by atoms with Crippen LogP contribution in [0.15, 0.2) is 78.0 Å². The lowest BCUT2D eigenvalue weighted by Crippen LogP contribution is -2.48. The van der Waals surface area contributed by atoms with Crippen LogP contribution in [0.5, 0.6) is 5.75 Å². The summed E-state index contributed by atoms with van der Waals surface area (Å²) in [6, 6.07) is 18.4. The molecule has 1 aliphatic heterocycles. The van der Waals surface area contributed by atoms with E-state index < -0.39 is 10.0 Å². The van der Waals surface area contributed by atoms with Crippen LogP contribution in [-0.2, 0) is 10.0 Å². The fraction of sp³-hybridized carbons (Fsp3) is 0.190. The van der Waals surface area contributed by atoms with Crippen LogP contribution in [0.2, 0.25) is 0 Å². The predicted octanol–water partition coefficient (Wildman–Crippen LogP) is 3.55. The number of pyridine rings is 1. The molecule has 0 atom stereocenters. The van der Waals surface area contributed by atoms with Gasteiger partial charge in [0.1, 0.15) is 5.75 Å². The molecule has 4 rings (SSSR count). The van der Waals surface area contributed by atoms with Crippen molar-refractivity contribution >= 4 is 10.0 Å². The molecule has 0 aliphatic carbocycles. The largest absolute Gasteiger partial charge is 0.496 e. The Morgan fingerprint density at radius 2 is 1.56 bits per heavy atom. The average Bonchev–Trinajstić information content (AvgIpc) is 2.67. The van der Waals surface area contributed by atoms with Gasteiger partial charge in [0.15, 0.2) is 0 Å².